The van der Waals surface area contributed by atoms with Gasteiger partial charge in [0.15, 0.2) is 0 Å². The van der Waals surface area contributed by atoms with Gasteiger partial charge in [-0.1, -0.05) is 26.7 Å². The predicted molar refractivity (Wildman–Crippen MR) is 77.8 cm³/mol. The molecule has 0 radical (unpaired) electrons. The van der Waals surface area contributed by atoms with Crippen LogP contribution in [-0.4, -0.2) is 54.0 Å². The monoisotopic (exact) mass is 267 g/mol. The zero-order chi connectivity index (χ0) is 13.8. The summed E-state index contributed by atoms with van der Waals surface area (Å²) >= 11 is 0. The third-order valence-electron chi connectivity index (χ3n) is 4.92. The number of likely N-dealkylation sites (tertiary alicyclic amines) is 2. The Kier molecular flexibility index (Phi) is 5.22. The maximum atomic E-state index is 12.4. The first-order chi connectivity index (χ1) is 9.13. The van der Waals surface area contributed by atoms with Gasteiger partial charge in [0.1, 0.15) is 0 Å². The Bertz CT molecular complexity index is 302. The van der Waals surface area contributed by atoms with Crippen molar-refractivity contribution in [1.82, 2.24) is 9.80 Å². The largest absolute Gasteiger partial charge is 0.340 e. The second-order valence-electron chi connectivity index (χ2n) is 6.23. The van der Waals surface area contributed by atoms with Crippen molar-refractivity contribution in [3.05, 3.63) is 0 Å². The van der Waals surface area contributed by atoms with E-state index in [1.165, 1.54) is 32.4 Å². The Balaban J connectivity index is 1.85. The number of piperidine rings is 1. The van der Waals surface area contributed by atoms with Crippen LogP contribution in [0.4, 0.5) is 0 Å². The molecule has 110 valence electrons. The molecule has 0 aromatic heterocycles. The van der Waals surface area contributed by atoms with Crippen molar-refractivity contribution in [1.29, 1.82) is 0 Å². The molecular formula is C15H29N3O. The molecule has 0 spiro atoms. The number of hydrogen-bond acceptors (Lipinski definition) is 3. The molecule has 3 atom stereocenters. The number of nitrogens with zero attached hydrogens (tertiary/aromatic N) is 2. The molecular weight excluding hydrogens is 238 g/mol. The maximum absolute atomic E-state index is 12.4. The molecule has 2 saturated heterocycles. The molecule has 2 aliphatic heterocycles. The van der Waals surface area contributed by atoms with E-state index in [-0.39, 0.29) is 17.9 Å². The molecule has 1 amide bonds. The first-order valence-electron chi connectivity index (χ1n) is 7.92. The van der Waals surface area contributed by atoms with Gasteiger partial charge in [0, 0.05) is 19.1 Å². The average molecular weight is 267 g/mol. The minimum atomic E-state index is -0.315. The van der Waals surface area contributed by atoms with E-state index in [1.807, 2.05) is 4.90 Å². The Morgan fingerprint density at radius 3 is 2.58 bits per heavy atom. The third kappa shape index (κ3) is 3.48. The van der Waals surface area contributed by atoms with E-state index in [9.17, 15) is 4.79 Å². The fourth-order valence-electron chi connectivity index (χ4n) is 3.23. The highest BCUT2D eigenvalue weighted by atomic mass is 16.2. The summed E-state index contributed by atoms with van der Waals surface area (Å²) < 4.78 is 0. The highest BCUT2D eigenvalue weighted by molar-refractivity contribution is 5.82. The number of carbonyl (C=O) groups excluding carboxylic acids is 1. The summed E-state index contributed by atoms with van der Waals surface area (Å²) in [6.45, 7) is 8.38. The topological polar surface area (TPSA) is 49.6 Å². The molecule has 2 N–H and O–H groups in total. The lowest BCUT2D eigenvalue weighted by atomic mass is 9.99. The van der Waals surface area contributed by atoms with Crippen LogP contribution >= 0.6 is 0 Å². The van der Waals surface area contributed by atoms with Gasteiger partial charge in [-0.25, -0.2) is 0 Å². The first-order valence-corrected chi connectivity index (χ1v) is 7.92. The van der Waals surface area contributed by atoms with E-state index >= 15 is 0 Å². The average Bonchev–Trinajstić information content (AvgIpc) is 2.95. The van der Waals surface area contributed by atoms with E-state index in [0.717, 1.165) is 25.9 Å². The predicted octanol–water partition coefficient (Wildman–Crippen LogP) is 1.45. The smallest absolute Gasteiger partial charge is 0.239 e. The molecule has 2 fully saturated rings. The summed E-state index contributed by atoms with van der Waals surface area (Å²) in [6, 6.07) is 0.262. The molecule has 0 aromatic carbocycles. The van der Waals surface area contributed by atoms with E-state index in [4.69, 9.17) is 5.73 Å². The van der Waals surface area contributed by atoms with E-state index in [1.54, 1.807) is 0 Å². The van der Waals surface area contributed by atoms with Crippen LogP contribution in [0.5, 0.6) is 0 Å². The number of amides is 1. The van der Waals surface area contributed by atoms with Gasteiger partial charge in [0.05, 0.1) is 6.04 Å². The third-order valence-corrected chi connectivity index (χ3v) is 4.92. The molecule has 2 rings (SSSR count). The van der Waals surface area contributed by atoms with E-state index < -0.39 is 0 Å². The molecule has 0 bridgehead atoms. The quantitative estimate of drug-likeness (QED) is 0.838. The molecule has 0 aromatic rings. The molecule has 19 heavy (non-hydrogen) atoms. The highest BCUT2D eigenvalue weighted by Crippen LogP contribution is 2.21. The van der Waals surface area contributed by atoms with E-state index in [0.29, 0.717) is 6.04 Å². The lowest BCUT2D eigenvalue weighted by Crippen LogP contribution is -2.48. The van der Waals surface area contributed by atoms with Crippen LogP contribution in [0.3, 0.4) is 0 Å². The summed E-state index contributed by atoms with van der Waals surface area (Å²) in [7, 11) is 0. The molecule has 0 saturated carbocycles. The van der Waals surface area contributed by atoms with Gasteiger partial charge in [-0.3, -0.25) is 9.69 Å². The second kappa shape index (κ2) is 6.71. The number of hydrogen-bond donors (Lipinski definition) is 1. The molecule has 0 aliphatic carbocycles. The van der Waals surface area contributed by atoms with Crippen molar-refractivity contribution in [2.24, 2.45) is 11.7 Å². The summed E-state index contributed by atoms with van der Waals surface area (Å²) in [5.74, 6) is 0.440. The van der Waals surface area contributed by atoms with Crippen LogP contribution in [0.25, 0.3) is 0 Å². The van der Waals surface area contributed by atoms with Crippen LogP contribution in [0.15, 0.2) is 0 Å². The van der Waals surface area contributed by atoms with Crippen LogP contribution in [0.2, 0.25) is 0 Å². The molecule has 2 heterocycles. The van der Waals surface area contributed by atoms with Crippen molar-refractivity contribution >= 4 is 5.91 Å². The fourth-order valence-corrected chi connectivity index (χ4v) is 3.23. The van der Waals surface area contributed by atoms with Crippen LogP contribution in [0, 0.1) is 5.92 Å². The molecule has 2 aliphatic rings. The van der Waals surface area contributed by atoms with Crippen molar-refractivity contribution in [2.45, 2.75) is 58.0 Å². The summed E-state index contributed by atoms with van der Waals surface area (Å²) in [4.78, 5) is 16.9. The van der Waals surface area contributed by atoms with Gasteiger partial charge in [-0.05, 0) is 38.3 Å². The van der Waals surface area contributed by atoms with E-state index in [2.05, 4.69) is 18.7 Å². The van der Waals surface area contributed by atoms with Crippen molar-refractivity contribution in [2.75, 3.05) is 26.2 Å². The lowest BCUT2D eigenvalue weighted by Gasteiger charge is -2.32. The van der Waals surface area contributed by atoms with Crippen LogP contribution < -0.4 is 5.73 Å². The second-order valence-corrected chi connectivity index (χ2v) is 6.23. The highest BCUT2D eigenvalue weighted by Gasteiger charge is 2.33. The number of nitrogens with two attached hydrogens (primary N) is 1. The summed E-state index contributed by atoms with van der Waals surface area (Å²) in [5, 5.41) is 0. The van der Waals surface area contributed by atoms with Gasteiger partial charge in [-0.2, -0.15) is 0 Å². The minimum Gasteiger partial charge on any atom is -0.340 e. The van der Waals surface area contributed by atoms with Crippen molar-refractivity contribution in [3.8, 4) is 0 Å². The number of rotatable bonds is 4. The summed E-state index contributed by atoms with van der Waals surface area (Å²) in [6.07, 6.45) is 6.09. The Morgan fingerprint density at radius 2 is 1.95 bits per heavy atom. The normalized spacial score (nSPS) is 28.4. The zero-order valence-electron chi connectivity index (χ0n) is 12.5. The maximum Gasteiger partial charge on any atom is 0.239 e. The van der Waals surface area contributed by atoms with Gasteiger partial charge in [0.2, 0.25) is 5.91 Å². The van der Waals surface area contributed by atoms with Crippen molar-refractivity contribution < 1.29 is 4.79 Å². The van der Waals surface area contributed by atoms with Crippen molar-refractivity contribution in [3.63, 3.8) is 0 Å². The molecule has 3 unspecified atom stereocenters. The molecule has 4 nitrogen and oxygen atoms in total. The fraction of sp³-hybridized carbons (Fsp3) is 0.933. The van der Waals surface area contributed by atoms with Gasteiger partial charge in [-0.15, -0.1) is 0 Å². The SMILES string of the molecule is CCC(C)C(N)C(=O)N1CCC(N2CCCCC2)C1. The number of carbonyl (C=O) groups is 1. The summed E-state index contributed by atoms with van der Waals surface area (Å²) in [5.41, 5.74) is 6.07. The van der Waals surface area contributed by atoms with Gasteiger partial charge in [0.25, 0.3) is 0 Å². The van der Waals surface area contributed by atoms with Gasteiger partial charge >= 0.3 is 0 Å². The Morgan fingerprint density at radius 1 is 1.26 bits per heavy atom. The van der Waals surface area contributed by atoms with Gasteiger partial charge < -0.3 is 10.6 Å². The Hall–Kier alpha value is -0.610. The minimum absolute atomic E-state index is 0.161. The Labute approximate surface area is 117 Å². The van der Waals surface area contributed by atoms with Crippen LogP contribution in [-0.2, 0) is 4.79 Å². The standard InChI is InChI=1S/C15H29N3O/c1-3-12(2)14(16)15(19)18-10-7-13(11-18)17-8-5-4-6-9-17/h12-14H,3-11,16H2,1-2H3. The first kappa shape index (κ1) is 14.8. The zero-order valence-corrected chi connectivity index (χ0v) is 12.5. The molecule has 4 heteroatoms. The lowest BCUT2D eigenvalue weighted by molar-refractivity contribution is -0.132. The van der Waals surface area contributed by atoms with Crippen LogP contribution in [0.1, 0.15) is 46.0 Å².